The van der Waals surface area contributed by atoms with Crippen LogP contribution in [0.15, 0.2) is 72.8 Å². The quantitative estimate of drug-likeness (QED) is 0.469. The molecule has 2 aliphatic rings. The second kappa shape index (κ2) is 6.82. The van der Waals surface area contributed by atoms with Crippen LogP contribution in [0.3, 0.4) is 0 Å². The van der Waals surface area contributed by atoms with E-state index in [-0.39, 0.29) is 5.91 Å². The minimum absolute atomic E-state index is 0.294. The zero-order valence-corrected chi connectivity index (χ0v) is 16.8. The summed E-state index contributed by atoms with van der Waals surface area (Å²) in [5.41, 5.74) is 3.28. The first-order chi connectivity index (χ1) is 14.5. The summed E-state index contributed by atoms with van der Waals surface area (Å²) in [5, 5.41) is 0.565. The van der Waals surface area contributed by atoms with Gasteiger partial charge in [-0.15, -0.1) is 0 Å². The van der Waals surface area contributed by atoms with E-state index in [1.165, 1.54) is 0 Å². The third kappa shape index (κ3) is 2.66. The van der Waals surface area contributed by atoms with Crippen LogP contribution in [0.4, 0.5) is 5.69 Å². The maximum atomic E-state index is 13.3. The Kier molecular flexibility index (Phi) is 4.22. The molecule has 0 bridgehead atoms. The zero-order chi connectivity index (χ0) is 21.0. The topological polar surface area (TPSA) is 57.7 Å². The molecule has 0 spiro atoms. The summed E-state index contributed by atoms with van der Waals surface area (Å²) in [6.07, 6.45) is 0. The molecule has 0 N–H and O–H groups in total. The van der Waals surface area contributed by atoms with Crippen molar-refractivity contribution in [2.24, 2.45) is 0 Å². The molecule has 2 heterocycles. The summed E-state index contributed by atoms with van der Waals surface area (Å²) in [4.78, 5) is 42.1. The van der Waals surface area contributed by atoms with E-state index < -0.39 is 23.9 Å². The van der Waals surface area contributed by atoms with E-state index in [1.807, 2.05) is 31.2 Å². The van der Waals surface area contributed by atoms with Gasteiger partial charge in [0.05, 0.1) is 17.2 Å². The minimum atomic E-state index is -0.893. The van der Waals surface area contributed by atoms with Crippen molar-refractivity contribution in [3.8, 4) is 0 Å². The normalized spacial score (nSPS) is 20.4. The molecule has 0 aliphatic carbocycles. The van der Waals surface area contributed by atoms with Gasteiger partial charge in [-0.2, -0.15) is 0 Å². The molecule has 3 aromatic carbocycles. The molecule has 0 radical (unpaired) electrons. The van der Waals surface area contributed by atoms with Crippen LogP contribution in [0.1, 0.15) is 37.9 Å². The molecular formula is C24H17ClN2O3. The van der Waals surface area contributed by atoms with Crippen LogP contribution in [0.25, 0.3) is 0 Å². The van der Waals surface area contributed by atoms with Crippen LogP contribution in [0.2, 0.25) is 5.02 Å². The molecule has 148 valence electrons. The number of amides is 3. The van der Waals surface area contributed by atoms with E-state index in [9.17, 15) is 14.4 Å². The van der Waals surface area contributed by atoms with Crippen LogP contribution >= 0.6 is 11.6 Å². The minimum Gasteiger partial charge on any atom is -0.300 e. The Bertz CT molecular complexity index is 1150. The SMILES string of the molecule is Cc1ccc(C2C(N3C(=O)c4ccccc4C3=O)C(=O)N2c2ccc(Cl)cc2)cc1. The summed E-state index contributed by atoms with van der Waals surface area (Å²) in [6.45, 7) is 1.98. The van der Waals surface area contributed by atoms with Crippen molar-refractivity contribution in [2.75, 3.05) is 4.90 Å². The smallest absolute Gasteiger partial charge is 0.262 e. The van der Waals surface area contributed by atoms with Crippen molar-refractivity contribution in [1.82, 2.24) is 4.90 Å². The van der Waals surface area contributed by atoms with Crippen molar-refractivity contribution >= 4 is 35.0 Å². The van der Waals surface area contributed by atoms with E-state index >= 15 is 0 Å². The first-order valence-electron chi connectivity index (χ1n) is 9.59. The number of aryl methyl sites for hydroxylation is 1. The number of hydrogen-bond donors (Lipinski definition) is 0. The Labute approximate surface area is 178 Å². The van der Waals surface area contributed by atoms with Gasteiger partial charge in [0.1, 0.15) is 6.04 Å². The molecule has 1 fully saturated rings. The summed E-state index contributed by atoms with van der Waals surface area (Å²) in [5.74, 6) is -1.15. The lowest BCUT2D eigenvalue weighted by Crippen LogP contribution is -2.67. The number of carbonyl (C=O) groups is 3. The number of nitrogens with zero attached hydrogens (tertiary/aromatic N) is 2. The summed E-state index contributed by atoms with van der Waals surface area (Å²) in [6, 6.07) is 20.0. The Morgan fingerprint density at radius 3 is 1.83 bits per heavy atom. The Balaban J connectivity index is 1.58. The molecule has 6 heteroatoms. The van der Waals surface area contributed by atoms with Gasteiger partial charge in [0.2, 0.25) is 0 Å². The fourth-order valence-corrected chi connectivity index (χ4v) is 4.30. The van der Waals surface area contributed by atoms with Crippen LogP contribution < -0.4 is 4.90 Å². The number of halogens is 1. The lowest BCUT2D eigenvalue weighted by Gasteiger charge is -2.49. The standard InChI is InChI=1S/C24H17ClN2O3/c1-14-6-8-15(9-7-14)20-21(24(30)26(20)17-12-10-16(25)11-13-17)27-22(28)18-4-2-3-5-19(18)23(27)29/h2-13,20-21H,1H3. The number of carbonyl (C=O) groups excluding carboxylic acids is 3. The van der Waals surface area contributed by atoms with Crippen LogP contribution in [0.5, 0.6) is 0 Å². The third-order valence-electron chi connectivity index (χ3n) is 5.70. The average molecular weight is 417 g/mol. The Morgan fingerprint density at radius 2 is 1.27 bits per heavy atom. The van der Waals surface area contributed by atoms with E-state index in [0.717, 1.165) is 16.0 Å². The van der Waals surface area contributed by atoms with Crippen molar-refractivity contribution in [2.45, 2.75) is 19.0 Å². The van der Waals surface area contributed by atoms with E-state index in [0.29, 0.717) is 21.8 Å². The first kappa shape index (κ1) is 18.6. The van der Waals surface area contributed by atoms with Gasteiger partial charge in [0.15, 0.2) is 0 Å². The maximum Gasteiger partial charge on any atom is 0.262 e. The Morgan fingerprint density at radius 1 is 0.700 bits per heavy atom. The van der Waals surface area contributed by atoms with Gasteiger partial charge in [-0.25, -0.2) is 0 Å². The molecular weight excluding hydrogens is 400 g/mol. The molecule has 3 amide bonds. The highest BCUT2D eigenvalue weighted by molar-refractivity contribution is 6.30. The number of β-lactam (4-membered cyclic amide) rings is 1. The predicted molar refractivity (Wildman–Crippen MR) is 114 cm³/mol. The van der Waals surface area contributed by atoms with Gasteiger partial charge in [-0.3, -0.25) is 19.3 Å². The van der Waals surface area contributed by atoms with Gasteiger partial charge in [0.25, 0.3) is 17.7 Å². The monoisotopic (exact) mass is 416 g/mol. The molecule has 1 saturated heterocycles. The highest BCUT2D eigenvalue weighted by atomic mass is 35.5. The molecule has 30 heavy (non-hydrogen) atoms. The van der Waals surface area contributed by atoms with Crippen molar-refractivity contribution in [3.05, 3.63) is 100 Å². The van der Waals surface area contributed by atoms with Gasteiger partial charge in [0, 0.05) is 10.7 Å². The predicted octanol–water partition coefficient (Wildman–Crippen LogP) is 4.40. The lowest BCUT2D eigenvalue weighted by molar-refractivity contribution is -0.130. The number of rotatable bonds is 3. The lowest BCUT2D eigenvalue weighted by atomic mass is 9.86. The Hall–Kier alpha value is -3.44. The third-order valence-corrected chi connectivity index (χ3v) is 5.95. The van der Waals surface area contributed by atoms with Gasteiger partial charge in [-0.05, 0) is 48.9 Å². The molecule has 0 saturated carbocycles. The largest absolute Gasteiger partial charge is 0.300 e. The summed E-state index contributed by atoms with van der Waals surface area (Å²) < 4.78 is 0. The summed E-state index contributed by atoms with van der Waals surface area (Å²) in [7, 11) is 0. The molecule has 2 unspecified atom stereocenters. The van der Waals surface area contributed by atoms with Crippen molar-refractivity contribution in [3.63, 3.8) is 0 Å². The molecule has 2 aliphatic heterocycles. The molecule has 5 nitrogen and oxygen atoms in total. The molecule has 3 aromatic rings. The fourth-order valence-electron chi connectivity index (χ4n) is 4.17. The number of anilines is 1. The van der Waals surface area contributed by atoms with Crippen LogP contribution in [-0.2, 0) is 4.79 Å². The number of imide groups is 1. The van der Waals surface area contributed by atoms with Gasteiger partial charge < -0.3 is 4.90 Å². The molecule has 0 aromatic heterocycles. The number of benzene rings is 3. The second-order valence-corrected chi connectivity index (χ2v) is 7.95. The fraction of sp³-hybridized carbons (Fsp3) is 0.125. The highest BCUT2D eigenvalue weighted by Crippen LogP contribution is 2.44. The van der Waals surface area contributed by atoms with Gasteiger partial charge >= 0.3 is 0 Å². The average Bonchev–Trinajstić information content (AvgIpc) is 3.00. The van der Waals surface area contributed by atoms with Crippen molar-refractivity contribution in [1.29, 1.82) is 0 Å². The van der Waals surface area contributed by atoms with E-state index in [4.69, 9.17) is 11.6 Å². The first-order valence-corrected chi connectivity index (χ1v) is 9.97. The van der Waals surface area contributed by atoms with Crippen LogP contribution in [0, 0.1) is 6.92 Å². The number of hydrogen-bond acceptors (Lipinski definition) is 3. The van der Waals surface area contributed by atoms with Crippen molar-refractivity contribution < 1.29 is 14.4 Å². The van der Waals surface area contributed by atoms with Gasteiger partial charge in [-0.1, -0.05) is 53.6 Å². The maximum absolute atomic E-state index is 13.3. The molecule has 5 rings (SSSR count). The van der Waals surface area contributed by atoms with E-state index in [2.05, 4.69) is 0 Å². The summed E-state index contributed by atoms with van der Waals surface area (Å²) >= 11 is 6.01. The highest BCUT2D eigenvalue weighted by Gasteiger charge is 2.57. The molecule has 2 atom stereocenters. The zero-order valence-electron chi connectivity index (χ0n) is 16.1. The number of fused-ring (bicyclic) bond motifs is 1. The van der Waals surface area contributed by atoms with Crippen LogP contribution in [-0.4, -0.2) is 28.7 Å². The van der Waals surface area contributed by atoms with E-state index in [1.54, 1.807) is 53.4 Å². The second-order valence-electron chi connectivity index (χ2n) is 7.51.